The lowest BCUT2D eigenvalue weighted by molar-refractivity contribution is -0.118. The number of pyridine rings is 1. The van der Waals surface area contributed by atoms with Crippen LogP contribution in [0.2, 0.25) is 5.02 Å². The topological polar surface area (TPSA) is 114 Å². The lowest BCUT2D eigenvalue weighted by Crippen LogP contribution is -2.49. The fraction of sp³-hybridized carbons (Fsp3) is 0.484. The molecule has 12 heteroatoms. The van der Waals surface area contributed by atoms with Gasteiger partial charge >= 0.3 is 6.09 Å². The van der Waals surface area contributed by atoms with E-state index in [1.165, 1.54) is 0 Å². The maximum atomic E-state index is 13.1. The quantitative estimate of drug-likeness (QED) is 0.330. The largest absolute Gasteiger partial charge is 0.489 e. The standard InChI is InChI=1S/C31H40ClN5O5S/c1-6-22-23(32)8-7-9-24(22)36-29(43)27-25(14-19(2)35-28(27)38)34-15-20-10-11-33-16-26(20)41-18-21-17-37(12-13-40-21)30(39)42-31(3,4)5/h7-11,16,19,21,34H,6,12-15,17-18H2,1-5H3,(H,35,38)(H,36,43)/t19-,21+/m1/s1. The molecule has 4 rings (SSSR count). The number of hydrogen-bond acceptors (Lipinski definition) is 8. The van der Waals surface area contributed by atoms with Crippen LogP contribution in [0.15, 0.2) is 47.9 Å². The van der Waals surface area contributed by atoms with Crippen LogP contribution in [0.1, 0.15) is 52.2 Å². The fourth-order valence-electron chi connectivity index (χ4n) is 4.89. The van der Waals surface area contributed by atoms with Gasteiger partial charge in [0, 0.05) is 53.7 Å². The van der Waals surface area contributed by atoms with Gasteiger partial charge in [-0.3, -0.25) is 9.78 Å². The molecule has 0 radical (unpaired) electrons. The van der Waals surface area contributed by atoms with Crippen molar-refractivity contribution in [1.29, 1.82) is 0 Å². The smallest absolute Gasteiger partial charge is 0.410 e. The number of rotatable bonds is 9. The van der Waals surface area contributed by atoms with Gasteiger partial charge in [0.2, 0.25) is 0 Å². The molecule has 0 bridgehead atoms. The minimum atomic E-state index is -0.571. The van der Waals surface area contributed by atoms with Crippen molar-refractivity contribution in [3.8, 4) is 5.75 Å². The minimum Gasteiger partial charge on any atom is -0.489 e. The predicted octanol–water partition coefficient (Wildman–Crippen LogP) is 5.00. The monoisotopic (exact) mass is 629 g/mol. The summed E-state index contributed by atoms with van der Waals surface area (Å²) in [4.78, 5) is 31.8. The van der Waals surface area contributed by atoms with Gasteiger partial charge in [0.05, 0.1) is 24.9 Å². The van der Waals surface area contributed by atoms with Crippen LogP contribution in [-0.2, 0) is 27.2 Å². The van der Waals surface area contributed by atoms with Gasteiger partial charge in [0.15, 0.2) is 0 Å². The van der Waals surface area contributed by atoms with Gasteiger partial charge in [-0.25, -0.2) is 4.79 Å². The third kappa shape index (κ3) is 8.81. The summed E-state index contributed by atoms with van der Waals surface area (Å²) >= 11 is 12.1. The maximum absolute atomic E-state index is 13.1. The number of carbonyl (C=O) groups excluding carboxylic acids is 2. The van der Waals surface area contributed by atoms with Crippen molar-refractivity contribution in [3.05, 3.63) is 64.1 Å². The van der Waals surface area contributed by atoms with Crippen molar-refractivity contribution in [2.24, 2.45) is 0 Å². The molecule has 2 aliphatic heterocycles. The molecule has 232 valence electrons. The van der Waals surface area contributed by atoms with E-state index in [0.717, 1.165) is 22.5 Å². The molecule has 0 spiro atoms. The summed E-state index contributed by atoms with van der Waals surface area (Å²) < 4.78 is 17.5. The van der Waals surface area contributed by atoms with Crippen LogP contribution >= 0.6 is 23.8 Å². The third-order valence-electron chi connectivity index (χ3n) is 6.94. The van der Waals surface area contributed by atoms with Gasteiger partial charge in [-0.05, 0) is 57.9 Å². The van der Waals surface area contributed by atoms with Crippen LogP contribution < -0.4 is 20.7 Å². The number of benzene rings is 1. The van der Waals surface area contributed by atoms with E-state index < -0.39 is 5.60 Å². The van der Waals surface area contributed by atoms with E-state index in [1.807, 2.05) is 58.9 Å². The van der Waals surface area contributed by atoms with Crippen molar-refractivity contribution in [1.82, 2.24) is 20.5 Å². The second kappa shape index (κ2) is 14.4. The van der Waals surface area contributed by atoms with Crippen LogP contribution in [0.4, 0.5) is 10.5 Å². The first-order valence-electron chi connectivity index (χ1n) is 14.5. The van der Waals surface area contributed by atoms with Crippen molar-refractivity contribution in [3.63, 3.8) is 0 Å². The number of halogens is 1. The first kappa shape index (κ1) is 32.5. The highest BCUT2D eigenvalue weighted by Gasteiger charge is 2.30. The molecule has 0 aliphatic carbocycles. The molecule has 1 aromatic carbocycles. The van der Waals surface area contributed by atoms with Crippen molar-refractivity contribution >= 4 is 46.5 Å². The first-order chi connectivity index (χ1) is 20.4. The number of carbonyl (C=O) groups is 2. The number of anilines is 1. The second-order valence-electron chi connectivity index (χ2n) is 11.6. The van der Waals surface area contributed by atoms with Gasteiger partial charge in [0.25, 0.3) is 5.91 Å². The van der Waals surface area contributed by atoms with E-state index >= 15 is 0 Å². The molecule has 1 saturated heterocycles. The summed E-state index contributed by atoms with van der Waals surface area (Å²) in [5.41, 5.74) is 3.12. The van der Waals surface area contributed by atoms with Crippen LogP contribution in [0, 0.1) is 0 Å². The molecule has 1 aromatic heterocycles. The number of nitrogens with one attached hydrogen (secondary N) is 3. The zero-order valence-corrected chi connectivity index (χ0v) is 26.9. The summed E-state index contributed by atoms with van der Waals surface area (Å²) in [5.74, 6) is 0.338. The summed E-state index contributed by atoms with van der Waals surface area (Å²) in [6.45, 7) is 11.3. The first-order valence-corrected chi connectivity index (χ1v) is 15.3. The molecule has 2 amide bonds. The highest BCUT2D eigenvalue weighted by atomic mass is 35.5. The zero-order valence-electron chi connectivity index (χ0n) is 25.3. The molecular weight excluding hydrogens is 590 g/mol. The number of ether oxygens (including phenoxy) is 3. The highest BCUT2D eigenvalue weighted by molar-refractivity contribution is 7.81. The average molecular weight is 630 g/mol. The van der Waals surface area contributed by atoms with E-state index in [1.54, 1.807) is 17.3 Å². The van der Waals surface area contributed by atoms with Gasteiger partial charge < -0.3 is 35.1 Å². The van der Waals surface area contributed by atoms with Crippen LogP contribution in [0.5, 0.6) is 5.75 Å². The molecule has 10 nitrogen and oxygen atoms in total. The maximum Gasteiger partial charge on any atom is 0.410 e. The van der Waals surface area contributed by atoms with Crippen molar-refractivity contribution in [2.75, 3.05) is 31.6 Å². The molecule has 3 heterocycles. The van der Waals surface area contributed by atoms with Crippen molar-refractivity contribution < 1.29 is 23.8 Å². The number of thiocarbonyl (C=S) groups is 1. The Morgan fingerprint density at radius 1 is 1.30 bits per heavy atom. The Balaban J connectivity index is 1.44. The molecule has 2 aromatic rings. The zero-order chi connectivity index (χ0) is 31.1. The summed E-state index contributed by atoms with van der Waals surface area (Å²) in [5, 5.41) is 10.3. The molecule has 2 atom stereocenters. The van der Waals surface area contributed by atoms with E-state index in [4.69, 9.17) is 38.0 Å². The Morgan fingerprint density at radius 3 is 2.84 bits per heavy atom. The molecule has 0 saturated carbocycles. The lowest BCUT2D eigenvalue weighted by atomic mass is 10.0. The summed E-state index contributed by atoms with van der Waals surface area (Å²) in [6, 6.07) is 7.38. The van der Waals surface area contributed by atoms with Gasteiger partial charge in [-0.2, -0.15) is 0 Å². The fourth-order valence-corrected chi connectivity index (χ4v) is 5.53. The third-order valence-corrected chi connectivity index (χ3v) is 7.60. The Bertz CT molecular complexity index is 1380. The molecule has 43 heavy (non-hydrogen) atoms. The van der Waals surface area contributed by atoms with Gasteiger partial charge in [-0.15, -0.1) is 0 Å². The second-order valence-corrected chi connectivity index (χ2v) is 12.4. The number of hydrogen-bond donors (Lipinski definition) is 3. The van der Waals surface area contributed by atoms with E-state index in [0.29, 0.717) is 60.4 Å². The Hall–Kier alpha value is -3.41. The van der Waals surface area contributed by atoms with Crippen molar-refractivity contribution in [2.45, 2.75) is 71.8 Å². The Labute approximate surface area is 263 Å². The summed E-state index contributed by atoms with van der Waals surface area (Å²) in [6.07, 6.45) is 3.95. The highest BCUT2D eigenvalue weighted by Crippen LogP contribution is 2.27. The van der Waals surface area contributed by atoms with Crippen LogP contribution in [-0.4, -0.2) is 70.9 Å². The molecule has 3 N–H and O–H groups in total. The molecule has 2 aliphatic rings. The minimum absolute atomic E-state index is 0.0662. The van der Waals surface area contributed by atoms with E-state index in [9.17, 15) is 9.59 Å². The van der Waals surface area contributed by atoms with Gasteiger partial charge in [-0.1, -0.05) is 36.8 Å². The Kier molecular flexibility index (Phi) is 10.9. The number of amides is 2. The molecule has 1 fully saturated rings. The van der Waals surface area contributed by atoms with E-state index in [-0.39, 0.29) is 30.8 Å². The normalized spacial score (nSPS) is 19.0. The van der Waals surface area contributed by atoms with Gasteiger partial charge in [0.1, 0.15) is 29.0 Å². The number of aromatic nitrogens is 1. The Morgan fingerprint density at radius 2 is 2.09 bits per heavy atom. The molecule has 0 unspecified atom stereocenters. The summed E-state index contributed by atoms with van der Waals surface area (Å²) in [7, 11) is 0. The number of morpholine rings is 1. The van der Waals surface area contributed by atoms with E-state index in [2.05, 4.69) is 20.9 Å². The average Bonchev–Trinajstić information content (AvgIpc) is 2.94. The predicted molar refractivity (Wildman–Crippen MR) is 170 cm³/mol. The van der Waals surface area contributed by atoms with Crippen LogP contribution in [0.3, 0.4) is 0 Å². The SMILES string of the molecule is CCc1c(Cl)cccc1NC(=S)C1=C(NCc2ccncc2OC[C@@H]2CN(C(=O)OC(C)(C)C)CCO2)C[C@@H](C)NC1=O. The molecular formula is C31H40ClN5O5S. The van der Waals surface area contributed by atoms with Crippen LogP contribution in [0.25, 0.3) is 0 Å². The lowest BCUT2D eigenvalue weighted by Gasteiger charge is -2.34. The number of nitrogens with zero attached hydrogens (tertiary/aromatic N) is 2.